The number of rotatable bonds is 4. The molecule has 5 heteroatoms. The standard InChI is InChI=1S/C16H14O5/c1-2-9-7-12(14(18)8-13(9)17)15(19)10-5-3-4-6-11(10)16(20)21/h3-8,17-18H,2H2,1H3,(H,20,21). The Hall–Kier alpha value is -2.82. The number of benzene rings is 2. The zero-order valence-corrected chi connectivity index (χ0v) is 11.3. The van der Waals surface area contributed by atoms with Crippen molar-refractivity contribution in [2.24, 2.45) is 0 Å². The molecule has 0 bridgehead atoms. The van der Waals surface area contributed by atoms with Crippen molar-refractivity contribution in [3.63, 3.8) is 0 Å². The highest BCUT2D eigenvalue weighted by atomic mass is 16.4. The van der Waals surface area contributed by atoms with E-state index in [1.165, 1.54) is 24.3 Å². The second-order valence-electron chi connectivity index (χ2n) is 4.53. The van der Waals surface area contributed by atoms with E-state index in [0.717, 1.165) is 6.07 Å². The lowest BCUT2D eigenvalue weighted by atomic mass is 9.95. The molecule has 0 spiro atoms. The van der Waals surface area contributed by atoms with Crippen LogP contribution in [0.4, 0.5) is 0 Å². The fourth-order valence-corrected chi connectivity index (χ4v) is 2.10. The first-order chi connectivity index (χ1) is 9.95. The molecule has 5 nitrogen and oxygen atoms in total. The predicted molar refractivity (Wildman–Crippen MR) is 76.0 cm³/mol. The fourth-order valence-electron chi connectivity index (χ4n) is 2.10. The molecule has 2 aromatic rings. The third-order valence-electron chi connectivity index (χ3n) is 3.22. The summed E-state index contributed by atoms with van der Waals surface area (Å²) in [6.45, 7) is 1.80. The van der Waals surface area contributed by atoms with Gasteiger partial charge in [0.15, 0.2) is 5.78 Å². The third-order valence-corrected chi connectivity index (χ3v) is 3.22. The minimum Gasteiger partial charge on any atom is -0.508 e. The summed E-state index contributed by atoms with van der Waals surface area (Å²) in [6.07, 6.45) is 0.479. The largest absolute Gasteiger partial charge is 0.508 e. The van der Waals surface area contributed by atoms with Gasteiger partial charge in [0.1, 0.15) is 11.5 Å². The molecule has 0 amide bonds. The molecule has 2 aromatic carbocycles. The monoisotopic (exact) mass is 286 g/mol. The van der Waals surface area contributed by atoms with Gasteiger partial charge in [-0.05, 0) is 24.1 Å². The van der Waals surface area contributed by atoms with E-state index in [1.54, 1.807) is 13.0 Å². The molecular weight excluding hydrogens is 272 g/mol. The highest BCUT2D eigenvalue weighted by Gasteiger charge is 2.21. The highest BCUT2D eigenvalue weighted by molar-refractivity contribution is 6.15. The number of carboxylic acid groups (broad SMARTS) is 1. The van der Waals surface area contributed by atoms with Gasteiger partial charge in [-0.15, -0.1) is 0 Å². The van der Waals surface area contributed by atoms with Crippen molar-refractivity contribution in [2.75, 3.05) is 0 Å². The molecule has 0 unspecified atom stereocenters. The SMILES string of the molecule is CCc1cc(C(=O)c2ccccc2C(=O)O)c(O)cc1O. The summed E-state index contributed by atoms with van der Waals surface area (Å²) >= 11 is 0. The summed E-state index contributed by atoms with van der Waals surface area (Å²) in [5, 5.41) is 28.6. The van der Waals surface area contributed by atoms with E-state index < -0.39 is 11.8 Å². The second kappa shape index (κ2) is 5.66. The second-order valence-corrected chi connectivity index (χ2v) is 4.53. The summed E-state index contributed by atoms with van der Waals surface area (Å²) in [7, 11) is 0. The van der Waals surface area contributed by atoms with E-state index in [4.69, 9.17) is 5.11 Å². The Kier molecular flexibility index (Phi) is 3.93. The minimum atomic E-state index is -1.21. The number of ketones is 1. The molecule has 0 saturated carbocycles. The van der Waals surface area contributed by atoms with Gasteiger partial charge in [0.05, 0.1) is 11.1 Å². The van der Waals surface area contributed by atoms with E-state index >= 15 is 0 Å². The van der Waals surface area contributed by atoms with Gasteiger partial charge < -0.3 is 15.3 Å². The van der Waals surface area contributed by atoms with Crippen LogP contribution in [0.1, 0.15) is 38.8 Å². The van der Waals surface area contributed by atoms with Crippen LogP contribution in [0.25, 0.3) is 0 Å². The van der Waals surface area contributed by atoms with E-state index in [-0.39, 0.29) is 28.2 Å². The van der Waals surface area contributed by atoms with Crippen LogP contribution in [0.15, 0.2) is 36.4 Å². The lowest BCUT2D eigenvalue weighted by Gasteiger charge is -2.10. The summed E-state index contributed by atoms with van der Waals surface area (Å²) in [5.41, 5.74) is 0.336. The lowest BCUT2D eigenvalue weighted by Crippen LogP contribution is -2.10. The molecule has 0 aliphatic carbocycles. The van der Waals surface area contributed by atoms with Gasteiger partial charge in [-0.2, -0.15) is 0 Å². The Morgan fingerprint density at radius 3 is 2.14 bits per heavy atom. The maximum absolute atomic E-state index is 12.5. The number of phenols is 2. The number of hydrogen-bond donors (Lipinski definition) is 3. The highest BCUT2D eigenvalue weighted by Crippen LogP contribution is 2.30. The molecule has 21 heavy (non-hydrogen) atoms. The number of carboxylic acids is 1. The first-order valence-corrected chi connectivity index (χ1v) is 6.37. The summed E-state index contributed by atoms with van der Waals surface area (Å²) < 4.78 is 0. The number of aromatic carboxylic acids is 1. The van der Waals surface area contributed by atoms with Gasteiger partial charge in [-0.3, -0.25) is 4.79 Å². The Labute approximate surface area is 121 Å². The molecule has 0 aliphatic rings. The number of aryl methyl sites for hydroxylation is 1. The smallest absolute Gasteiger partial charge is 0.336 e. The predicted octanol–water partition coefficient (Wildman–Crippen LogP) is 2.59. The molecule has 0 atom stereocenters. The molecule has 0 radical (unpaired) electrons. The van der Waals surface area contributed by atoms with Crippen molar-refractivity contribution in [3.05, 3.63) is 58.7 Å². The van der Waals surface area contributed by atoms with Crippen LogP contribution in [0.2, 0.25) is 0 Å². The van der Waals surface area contributed by atoms with Crippen LogP contribution in [0.5, 0.6) is 11.5 Å². The van der Waals surface area contributed by atoms with Gasteiger partial charge in [0.25, 0.3) is 0 Å². The van der Waals surface area contributed by atoms with Crippen LogP contribution >= 0.6 is 0 Å². The molecule has 0 fully saturated rings. The van der Waals surface area contributed by atoms with E-state index in [1.807, 2.05) is 0 Å². The van der Waals surface area contributed by atoms with Gasteiger partial charge in [0, 0.05) is 11.6 Å². The van der Waals surface area contributed by atoms with Gasteiger partial charge in [-0.1, -0.05) is 25.1 Å². The normalized spacial score (nSPS) is 10.3. The summed E-state index contributed by atoms with van der Waals surface area (Å²) in [4.78, 5) is 23.6. The van der Waals surface area contributed by atoms with Crippen LogP contribution in [-0.2, 0) is 6.42 Å². The van der Waals surface area contributed by atoms with E-state index in [9.17, 15) is 19.8 Å². The molecule has 0 heterocycles. The Balaban J connectivity index is 2.58. The molecular formula is C16H14O5. The van der Waals surface area contributed by atoms with Crippen LogP contribution in [0.3, 0.4) is 0 Å². The summed E-state index contributed by atoms with van der Waals surface area (Å²) in [6, 6.07) is 8.27. The number of hydrogen-bond acceptors (Lipinski definition) is 4. The van der Waals surface area contributed by atoms with E-state index in [2.05, 4.69) is 0 Å². The molecule has 0 aliphatic heterocycles. The van der Waals surface area contributed by atoms with E-state index in [0.29, 0.717) is 12.0 Å². The number of aromatic hydroxyl groups is 2. The third kappa shape index (κ3) is 2.72. The topological polar surface area (TPSA) is 94.8 Å². The van der Waals surface area contributed by atoms with Crippen LogP contribution in [-0.4, -0.2) is 27.1 Å². The molecule has 0 saturated heterocycles. The number of carbonyl (C=O) groups excluding carboxylic acids is 1. The quantitative estimate of drug-likeness (QED) is 0.751. The molecule has 0 aromatic heterocycles. The summed E-state index contributed by atoms with van der Waals surface area (Å²) in [5.74, 6) is -2.29. The zero-order chi connectivity index (χ0) is 15.6. The van der Waals surface area contributed by atoms with Crippen LogP contribution < -0.4 is 0 Å². The maximum atomic E-state index is 12.5. The van der Waals surface area contributed by atoms with Crippen molar-refractivity contribution >= 4 is 11.8 Å². The van der Waals surface area contributed by atoms with Gasteiger partial charge in [0.2, 0.25) is 0 Å². The zero-order valence-electron chi connectivity index (χ0n) is 11.3. The van der Waals surface area contributed by atoms with Crippen molar-refractivity contribution in [1.29, 1.82) is 0 Å². The minimum absolute atomic E-state index is 0.00644. The number of carbonyl (C=O) groups is 2. The Bertz CT molecular complexity index is 719. The average molecular weight is 286 g/mol. The van der Waals surface area contributed by atoms with Crippen molar-refractivity contribution in [3.8, 4) is 11.5 Å². The molecule has 3 N–H and O–H groups in total. The van der Waals surface area contributed by atoms with Gasteiger partial charge >= 0.3 is 5.97 Å². The van der Waals surface area contributed by atoms with Crippen molar-refractivity contribution in [2.45, 2.75) is 13.3 Å². The lowest BCUT2D eigenvalue weighted by molar-refractivity contribution is 0.0692. The average Bonchev–Trinajstić information content (AvgIpc) is 2.46. The first-order valence-electron chi connectivity index (χ1n) is 6.37. The molecule has 2 rings (SSSR count). The Morgan fingerprint density at radius 1 is 0.952 bits per heavy atom. The molecule has 108 valence electrons. The number of phenolic OH excluding ortho intramolecular Hbond substituents is 2. The first kappa shape index (κ1) is 14.6. The maximum Gasteiger partial charge on any atom is 0.336 e. The Morgan fingerprint density at radius 2 is 1.57 bits per heavy atom. The van der Waals surface area contributed by atoms with Crippen LogP contribution in [0, 0.1) is 0 Å². The van der Waals surface area contributed by atoms with Crippen molar-refractivity contribution < 1.29 is 24.9 Å². The fraction of sp³-hybridized carbons (Fsp3) is 0.125. The van der Waals surface area contributed by atoms with Crippen molar-refractivity contribution in [1.82, 2.24) is 0 Å². The van der Waals surface area contributed by atoms with Gasteiger partial charge in [-0.25, -0.2) is 4.79 Å².